The predicted molar refractivity (Wildman–Crippen MR) is 75.5 cm³/mol. The van der Waals surface area contributed by atoms with E-state index in [4.69, 9.17) is 10.2 Å². The van der Waals surface area contributed by atoms with E-state index >= 15 is 0 Å². The summed E-state index contributed by atoms with van der Waals surface area (Å²) in [5, 5.41) is 4.41. The van der Waals surface area contributed by atoms with Gasteiger partial charge in [-0.3, -0.25) is 4.68 Å². The lowest BCUT2D eigenvalue weighted by Gasteiger charge is -2.03. The number of nitrogens with zero attached hydrogens (tertiary/aromatic N) is 2. The summed E-state index contributed by atoms with van der Waals surface area (Å²) in [4.78, 5) is 0. The molecular weight excluding hydrogens is 257 g/mol. The van der Waals surface area contributed by atoms with Gasteiger partial charge in [0.1, 0.15) is 29.4 Å². The van der Waals surface area contributed by atoms with Crippen molar-refractivity contribution in [1.29, 1.82) is 0 Å². The van der Waals surface area contributed by atoms with Crippen LogP contribution in [0.25, 0.3) is 22.4 Å². The molecule has 5 heteroatoms. The molecule has 102 valence electrons. The first-order valence-electron chi connectivity index (χ1n) is 6.20. The first-order chi connectivity index (χ1) is 9.56. The molecule has 0 saturated heterocycles. The SMILES string of the molecule is Cc1cc(-c2nn(C)c(N)c2-c2cccc(F)c2)co1. The molecular formula is C15H14FN3O. The highest BCUT2D eigenvalue weighted by molar-refractivity contribution is 5.87. The van der Waals surface area contributed by atoms with Gasteiger partial charge in [0.05, 0.1) is 5.56 Å². The van der Waals surface area contributed by atoms with Crippen LogP contribution >= 0.6 is 0 Å². The summed E-state index contributed by atoms with van der Waals surface area (Å²) in [7, 11) is 1.76. The van der Waals surface area contributed by atoms with Crippen molar-refractivity contribution in [2.24, 2.45) is 7.05 Å². The first-order valence-corrected chi connectivity index (χ1v) is 6.20. The van der Waals surface area contributed by atoms with Crippen molar-refractivity contribution < 1.29 is 8.81 Å². The van der Waals surface area contributed by atoms with E-state index in [1.54, 1.807) is 24.1 Å². The second kappa shape index (κ2) is 4.52. The lowest BCUT2D eigenvalue weighted by molar-refractivity contribution is 0.535. The van der Waals surface area contributed by atoms with Crippen LogP contribution in [0, 0.1) is 12.7 Å². The number of benzene rings is 1. The Labute approximate surface area is 115 Å². The molecule has 2 N–H and O–H groups in total. The number of hydrogen-bond donors (Lipinski definition) is 1. The van der Waals surface area contributed by atoms with E-state index in [9.17, 15) is 4.39 Å². The summed E-state index contributed by atoms with van der Waals surface area (Å²) in [6.07, 6.45) is 1.62. The van der Waals surface area contributed by atoms with Crippen molar-refractivity contribution in [2.45, 2.75) is 6.92 Å². The van der Waals surface area contributed by atoms with Crippen LogP contribution in [0.3, 0.4) is 0 Å². The van der Waals surface area contributed by atoms with Gasteiger partial charge in [-0.2, -0.15) is 5.10 Å². The Balaban J connectivity index is 2.24. The Bertz CT molecular complexity index is 773. The maximum atomic E-state index is 13.4. The van der Waals surface area contributed by atoms with Crippen LogP contribution in [0.4, 0.5) is 10.2 Å². The summed E-state index contributed by atoms with van der Waals surface area (Å²) in [6.45, 7) is 1.86. The topological polar surface area (TPSA) is 57.0 Å². The summed E-state index contributed by atoms with van der Waals surface area (Å²) >= 11 is 0. The van der Waals surface area contributed by atoms with Crippen LogP contribution in [-0.4, -0.2) is 9.78 Å². The molecule has 3 aromatic rings. The van der Waals surface area contributed by atoms with Crippen LogP contribution in [0.1, 0.15) is 5.76 Å². The molecule has 2 heterocycles. The molecule has 3 rings (SSSR count). The number of nitrogen functional groups attached to an aromatic ring is 1. The van der Waals surface area contributed by atoms with Crippen molar-refractivity contribution in [3.63, 3.8) is 0 Å². The second-order valence-electron chi connectivity index (χ2n) is 4.69. The number of nitrogens with two attached hydrogens (primary N) is 1. The average Bonchev–Trinajstić information content (AvgIpc) is 2.95. The van der Waals surface area contributed by atoms with Crippen molar-refractivity contribution >= 4 is 5.82 Å². The van der Waals surface area contributed by atoms with E-state index in [-0.39, 0.29) is 5.82 Å². The molecule has 0 aliphatic rings. The number of aromatic nitrogens is 2. The van der Waals surface area contributed by atoms with E-state index in [1.807, 2.05) is 19.1 Å². The lowest BCUT2D eigenvalue weighted by atomic mass is 10.0. The highest BCUT2D eigenvalue weighted by Crippen LogP contribution is 2.36. The molecule has 0 fully saturated rings. The van der Waals surface area contributed by atoms with Gasteiger partial charge in [0.15, 0.2) is 0 Å². The molecule has 0 radical (unpaired) electrons. The molecule has 0 aliphatic heterocycles. The predicted octanol–water partition coefficient (Wildman–Crippen LogP) is 3.38. The summed E-state index contributed by atoms with van der Waals surface area (Å²) in [5.74, 6) is 0.971. The highest BCUT2D eigenvalue weighted by atomic mass is 19.1. The third-order valence-electron chi connectivity index (χ3n) is 3.21. The van der Waals surface area contributed by atoms with E-state index in [0.29, 0.717) is 22.6 Å². The average molecular weight is 271 g/mol. The zero-order chi connectivity index (χ0) is 14.3. The summed E-state index contributed by atoms with van der Waals surface area (Å²) < 4.78 is 20.3. The third kappa shape index (κ3) is 1.97. The monoisotopic (exact) mass is 271 g/mol. The van der Waals surface area contributed by atoms with Crippen LogP contribution in [0.5, 0.6) is 0 Å². The van der Waals surface area contributed by atoms with Crippen LogP contribution in [0.15, 0.2) is 41.0 Å². The molecule has 4 nitrogen and oxygen atoms in total. The molecule has 0 atom stereocenters. The molecule has 0 aliphatic carbocycles. The van der Waals surface area contributed by atoms with Crippen LogP contribution in [-0.2, 0) is 7.05 Å². The fraction of sp³-hybridized carbons (Fsp3) is 0.133. The van der Waals surface area contributed by atoms with Crippen LogP contribution < -0.4 is 5.73 Å². The Morgan fingerprint density at radius 3 is 2.70 bits per heavy atom. The minimum absolute atomic E-state index is 0.305. The van der Waals surface area contributed by atoms with Crippen molar-refractivity contribution in [3.05, 3.63) is 48.2 Å². The molecule has 0 unspecified atom stereocenters. The van der Waals surface area contributed by atoms with Crippen molar-refractivity contribution in [2.75, 3.05) is 5.73 Å². The van der Waals surface area contributed by atoms with E-state index < -0.39 is 0 Å². The Hall–Kier alpha value is -2.56. The van der Waals surface area contributed by atoms with Crippen molar-refractivity contribution in [3.8, 4) is 22.4 Å². The smallest absolute Gasteiger partial charge is 0.129 e. The van der Waals surface area contributed by atoms with Gasteiger partial charge in [-0.25, -0.2) is 4.39 Å². The standard InChI is InChI=1S/C15H14FN3O/c1-9-6-11(8-20-9)14-13(15(17)19(2)18-14)10-4-3-5-12(16)7-10/h3-8H,17H2,1-2H3. The maximum absolute atomic E-state index is 13.4. The van der Waals surface area contributed by atoms with Gasteiger partial charge >= 0.3 is 0 Å². The minimum atomic E-state index is -0.305. The van der Waals surface area contributed by atoms with E-state index in [1.165, 1.54) is 12.1 Å². The largest absolute Gasteiger partial charge is 0.469 e. The van der Waals surface area contributed by atoms with E-state index in [2.05, 4.69) is 5.10 Å². The highest BCUT2D eigenvalue weighted by Gasteiger charge is 2.18. The van der Waals surface area contributed by atoms with Gasteiger partial charge in [0.25, 0.3) is 0 Å². The molecule has 2 aromatic heterocycles. The molecule has 0 bridgehead atoms. The lowest BCUT2D eigenvalue weighted by Crippen LogP contribution is -1.98. The molecule has 0 amide bonds. The molecule has 0 spiro atoms. The van der Waals surface area contributed by atoms with Gasteiger partial charge in [0.2, 0.25) is 0 Å². The van der Waals surface area contributed by atoms with Gasteiger partial charge in [-0.05, 0) is 30.7 Å². The zero-order valence-electron chi connectivity index (χ0n) is 11.2. The Morgan fingerprint density at radius 2 is 2.05 bits per heavy atom. The Morgan fingerprint density at radius 1 is 1.25 bits per heavy atom. The van der Waals surface area contributed by atoms with Crippen molar-refractivity contribution in [1.82, 2.24) is 9.78 Å². The van der Waals surface area contributed by atoms with E-state index in [0.717, 1.165) is 11.3 Å². The number of furan rings is 1. The zero-order valence-corrected chi connectivity index (χ0v) is 11.2. The molecule has 1 aromatic carbocycles. The number of hydrogen-bond acceptors (Lipinski definition) is 3. The first kappa shape index (κ1) is 12.5. The third-order valence-corrected chi connectivity index (χ3v) is 3.21. The van der Waals surface area contributed by atoms with Gasteiger partial charge in [-0.1, -0.05) is 12.1 Å². The minimum Gasteiger partial charge on any atom is -0.469 e. The number of rotatable bonds is 2. The Kier molecular flexibility index (Phi) is 2.82. The number of anilines is 1. The fourth-order valence-corrected chi connectivity index (χ4v) is 2.24. The number of halogens is 1. The summed E-state index contributed by atoms with van der Waals surface area (Å²) in [5.41, 5.74) is 9.01. The van der Waals surface area contributed by atoms with Gasteiger partial charge in [0, 0.05) is 12.6 Å². The second-order valence-corrected chi connectivity index (χ2v) is 4.69. The van der Waals surface area contributed by atoms with Gasteiger partial charge < -0.3 is 10.2 Å². The summed E-state index contributed by atoms with van der Waals surface area (Å²) in [6, 6.07) is 8.19. The number of aryl methyl sites for hydroxylation is 2. The fourth-order valence-electron chi connectivity index (χ4n) is 2.24. The molecule has 20 heavy (non-hydrogen) atoms. The van der Waals surface area contributed by atoms with Gasteiger partial charge in [-0.15, -0.1) is 0 Å². The normalized spacial score (nSPS) is 10.9. The molecule has 0 saturated carbocycles. The van der Waals surface area contributed by atoms with Crippen LogP contribution in [0.2, 0.25) is 0 Å². The maximum Gasteiger partial charge on any atom is 0.129 e. The quantitative estimate of drug-likeness (QED) is 0.777.